The predicted molar refractivity (Wildman–Crippen MR) is 85.5 cm³/mol. The van der Waals surface area contributed by atoms with Gasteiger partial charge in [-0.1, -0.05) is 20.8 Å². The number of ether oxygens (including phenoxy) is 1. The molecular formula is C17H29N3O. The van der Waals surface area contributed by atoms with Gasteiger partial charge in [0.05, 0.1) is 0 Å². The summed E-state index contributed by atoms with van der Waals surface area (Å²) < 4.78 is 5.56. The molecule has 1 aliphatic rings. The van der Waals surface area contributed by atoms with E-state index in [4.69, 9.17) is 14.7 Å². The van der Waals surface area contributed by atoms with Gasteiger partial charge in [0.25, 0.3) is 0 Å². The van der Waals surface area contributed by atoms with Gasteiger partial charge in [-0.05, 0) is 44.1 Å². The average molecular weight is 291 g/mol. The first-order valence-electron chi connectivity index (χ1n) is 8.05. The SMILES string of the molecule is COC(c1nc(C)c(C(C)CNC2CC2)c(C)n1)C(C)C. The second-order valence-electron chi connectivity index (χ2n) is 6.65. The quantitative estimate of drug-likeness (QED) is 0.837. The molecule has 0 bridgehead atoms. The third-order valence-electron chi connectivity index (χ3n) is 4.24. The highest BCUT2D eigenvalue weighted by molar-refractivity contribution is 5.29. The van der Waals surface area contributed by atoms with Crippen LogP contribution in [0, 0.1) is 19.8 Å². The largest absolute Gasteiger partial charge is 0.373 e. The molecule has 2 rings (SSSR count). The van der Waals surface area contributed by atoms with Crippen LogP contribution in [0.15, 0.2) is 0 Å². The second-order valence-corrected chi connectivity index (χ2v) is 6.65. The van der Waals surface area contributed by atoms with E-state index in [1.54, 1.807) is 7.11 Å². The molecule has 0 radical (unpaired) electrons. The lowest BCUT2D eigenvalue weighted by atomic mass is 9.97. The molecule has 1 heterocycles. The van der Waals surface area contributed by atoms with Crippen LogP contribution in [0.2, 0.25) is 0 Å². The molecule has 0 aliphatic heterocycles. The summed E-state index contributed by atoms with van der Waals surface area (Å²) in [6.07, 6.45) is 2.62. The summed E-state index contributed by atoms with van der Waals surface area (Å²) in [5, 5.41) is 3.60. The van der Waals surface area contributed by atoms with E-state index < -0.39 is 0 Å². The van der Waals surface area contributed by atoms with Gasteiger partial charge in [0.15, 0.2) is 5.82 Å². The number of hydrogen-bond acceptors (Lipinski definition) is 4. The standard InChI is InChI=1S/C17H29N3O/c1-10(2)16(21-6)17-19-12(4)15(13(5)20-17)11(3)9-18-14-7-8-14/h10-11,14,16,18H,7-9H2,1-6H3. The van der Waals surface area contributed by atoms with Crippen LogP contribution >= 0.6 is 0 Å². The van der Waals surface area contributed by atoms with E-state index in [0.717, 1.165) is 29.8 Å². The highest BCUT2D eigenvalue weighted by atomic mass is 16.5. The molecule has 2 atom stereocenters. The Hall–Kier alpha value is -1.00. The molecule has 4 heteroatoms. The Kier molecular flexibility index (Phi) is 5.33. The monoisotopic (exact) mass is 291 g/mol. The van der Waals surface area contributed by atoms with Crippen molar-refractivity contribution in [1.82, 2.24) is 15.3 Å². The van der Waals surface area contributed by atoms with E-state index >= 15 is 0 Å². The van der Waals surface area contributed by atoms with Crippen molar-refractivity contribution in [1.29, 1.82) is 0 Å². The summed E-state index contributed by atoms with van der Waals surface area (Å²) in [6.45, 7) is 11.7. The third kappa shape index (κ3) is 4.01. The van der Waals surface area contributed by atoms with Crippen LogP contribution in [-0.4, -0.2) is 29.7 Å². The first-order chi connectivity index (χ1) is 9.93. The minimum atomic E-state index is -0.0312. The van der Waals surface area contributed by atoms with E-state index in [-0.39, 0.29) is 6.10 Å². The summed E-state index contributed by atoms with van der Waals surface area (Å²) in [7, 11) is 1.73. The maximum Gasteiger partial charge on any atom is 0.157 e. The average Bonchev–Trinajstić information content (AvgIpc) is 3.19. The molecule has 0 spiro atoms. The first kappa shape index (κ1) is 16.4. The van der Waals surface area contributed by atoms with Crippen LogP contribution in [0.4, 0.5) is 0 Å². The van der Waals surface area contributed by atoms with E-state index in [0.29, 0.717) is 11.8 Å². The Morgan fingerprint density at radius 3 is 2.14 bits per heavy atom. The Morgan fingerprint density at radius 1 is 1.14 bits per heavy atom. The van der Waals surface area contributed by atoms with Gasteiger partial charge in [0.1, 0.15) is 6.10 Å². The molecule has 1 aromatic heterocycles. The van der Waals surface area contributed by atoms with Crippen molar-refractivity contribution in [3.8, 4) is 0 Å². The topological polar surface area (TPSA) is 47.0 Å². The van der Waals surface area contributed by atoms with Crippen LogP contribution in [0.3, 0.4) is 0 Å². The maximum absolute atomic E-state index is 5.56. The lowest BCUT2D eigenvalue weighted by molar-refractivity contribution is 0.0571. The predicted octanol–water partition coefficient (Wildman–Crippen LogP) is 3.29. The molecule has 2 unspecified atom stereocenters. The Morgan fingerprint density at radius 2 is 1.71 bits per heavy atom. The summed E-state index contributed by atoms with van der Waals surface area (Å²) in [6, 6.07) is 0.743. The van der Waals surface area contributed by atoms with Crippen LogP contribution in [0.5, 0.6) is 0 Å². The van der Waals surface area contributed by atoms with Crippen molar-refractivity contribution in [2.75, 3.05) is 13.7 Å². The minimum absolute atomic E-state index is 0.0312. The minimum Gasteiger partial charge on any atom is -0.373 e. The fourth-order valence-corrected chi connectivity index (χ4v) is 3.00. The molecule has 0 saturated heterocycles. The van der Waals surface area contributed by atoms with Crippen molar-refractivity contribution in [3.05, 3.63) is 22.8 Å². The number of hydrogen-bond donors (Lipinski definition) is 1. The fourth-order valence-electron chi connectivity index (χ4n) is 3.00. The smallest absolute Gasteiger partial charge is 0.157 e. The van der Waals surface area contributed by atoms with Crippen LogP contribution < -0.4 is 5.32 Å². The van der Waals surface area contributed by atoms with Crippen LogP contribution in [0.1, 0.15) is 68.4 Å². The zero-order valence-corrected chi connectivity index (χ0v) is 14.2. The molecule has 4 nitrogen and oxygen atoms in total. The Labute approximate surface area is 128 Å². The number of rotatable bonds is 7. The van der Waals surface area contributed by atoms with E-state index in [9.17, 15) is 0 Å². The van der Waals surface area contributed by atoms with Crippen molar-refractivity contribution in [3.63, 3.8) is 0 Å². The van der Waals surface area contributed by atoms with Gasteiger partial charge in [0.2, 0.25) is 0 Å². The molecule has 118 valence electrons. The van der Waals surface area contributed by atoms with Gasteiger partial charge in [-0.3, -0.25) is 0 Å². The van der Waals surface area contributed by atoms with Gasteiger partial charge in [-0.2, -0.15) is 0 Å². The number of methoxy groups -OCH3 is 1. The number of nitrogens with zero attached hydrogens (tertiary/aromatic N) is 2. The van der Waals surface area contributed by atoms with Crippen molar-refractivity contribution < 1.29 is 4.74 Å². The number of nitrogens with one attached hydrogen (secondary N) is 1. The summed E-state index contributed by atoms with van der Waals surface area (Å²) in [5.74, 6) is 1.63. The zero-order valence-electron chi connectivity index (χ0n) is 14.2. The second kappa shape index (κ2) is 6.84. The van der Waals surface area contributed by atoms with Crippen LogP contribution in [0.25, 0.3) is 0 Å². The zero-order chi connectivity index (χ0) is 15.6. The van der Waals surface area contributed by atoms with Gasteiger partial charge in [-0.15, -0.1) is 0 Å². The summed E-state index contributed by atoms with van der Waals surface area (Å²) in [5.41, 5.74) is 3.46. The lowest BCUT2D eigenvalue weighted by Crippen LogP contribution is -2.24. The Balaban J connectivity index is 2.19. The normalized spacial score (nSPS) is 18.0. The van der Waals surface area contributed by atoms with Gasteiger partial charge >= 0.3 is 0 Å². The number of aryl methyl sites for hydroxylation is 2. The van der Waals surface area contributed by atoms with Crippen molar-refractivity contribution >= 4 is 0 Å². The van der Waals surface area contributed by atoms with Gasteiger partial charge in [0, 0.05) is 31.1 Å². The van der Waals surface area contributed by atoms with Crippen molar-refractivity contribution in [2.24, 2.45) is 5.92 Å². The lowest BCUT2D eigenvalue weighted by Gasteiger charge is -2.22. The molecule has 1 aromatic rings. The third-order valence-corrected chi connectivity index (χ3v) is 4.24. The van der Waals surface area contributed by atoms with Crippen molar-refractivity contribution in [2.45, 2.75) is 65.5 Å². The molecule has 0 amide bonds. The molecule has 1 N–H and O–H groups in total. The molecule has 21 heavy (non-hydrogen) atoms. The fraction of sp³-hybridized carbons (Fsp3) is 0.765. The van der Waals surface area contributed by atoms with Gasteiger partial charge < -0.3 is 10.1 Å². The molecule has 1 aliphatic carbocycles. The molecular weight excluding hydrogens is 262 g/mol. The summed E-state index contributed by atoms with van der Waals surface area (Å²) in [4.78, 5) is 9.45. The Bertz CT molecular complexity index is 460. The number of aromatic nitrogens is 2. The van der Waals surface area contributed by atoms with E-state index in [1.165, 1.54) is 18.4 Å². The molecule has 0 aromatic carbocycles. The highest BCUT2D eigenvalue weighted by Gasteiger charge is 2.24. The summed E-state index contributed by atoms with van der Waals surface area (Å²) >= 11 is 0. The highest BCUT2D eigenvalue weighted by Crippen LogP contribution is 2.27. The van der Waals surface area contributed by atoms with Gasteiger partial charge in [-0.25, -0.2) is 9.97 Å². The van der Waals surface area contributed by atoms with Crippen LogP contribution in [-0.2, 0) is 4.74 Å². The first-order valence-corrected chi connectivity index (χ1v) is 8.05. The van der Waals surface area contributed by atoms with E-state index in [2.05, 4.69) is 39.9 Å². The van der Waals surface area contributed by atoms with E-state index in [1.807, 2.05) is 0 Å². The molecule has 1 saturated carbocycles. The maximum atomic E-state index is 5.56. The molecule has 1 fully saturated rings.